The average Bonchev–Trinajstić information content (AvgIpc) is 3.67. The summed E-state index contributed by atoms with van der Waals surface area (Å²) in [4.78, 5) is 38.9. The number of hydrogen-bond donors (Lipinski definition) is 1. The normalized spacial score (nSPS) is 14.9. The number of rotatable bonds is 9. The summed E-state index contributed by atoms with van der Waals surface area (Å²) in [5, 5.41) is 3.27. The third-order valence-electron chi connectivity index (χ3n) is 8.44. The Morgan fingerprint density at radius 1 is 0.745 bits per heavy atom. The highest BCUT2D eigenvalue weighted by atomic mass is 79.9. The maximum absolute atomic E-state index is 11.8. The van der Waals surface area contributed by atoms with Gasteiger partial charge in [0.15, 0.2) is 0 Å². The van der Waals surface area contributed by atoms with Gasteiger partial charge in [-0.25, -0.2) is 19.6 Å². The van der Waals surface area contributed by atoms with Crippen molar-refractivity contribution >= 4 is 33.6 Å². The van der Waals surface area contributed by atoms with Gasteiger partial charge in [-0.05, 0) is 77.2 Å². The maximum Gasteiger partial charge on any atom is 0.394 e. The van der Waals surface area contributed by atoms with Gasteiger partial charge in [0.25, 0.3) is 0 Å². The number of piperazine rings is 2. The van der Waals surface area contributed by atoms with Crippen molar-refractivity contribution in [2.45, 2.75) is 40.5 Å². The first-order chi connectivity index (χ1) is 24.6. The number of hydrogen-bond acceptors (Lipinski definition) is 12. The number of benzene rings is 2. The summed E-state index contributed by atoms with van der Waals surface area (Å²) in [6.07, 6.45) is 1.25. The van der Waals surface area contributed by atoms with Crippen LogP contribution in [0.5, 0.6) is 0 Å². The Bertz CT molecular complexity index is 1690. The summed E-state index contributed by atoms with van der Waals surface area (Å²) in [6.45, 7) is 16.7. The lowest BCUT2D eigenvalue weighted by molar-refractivity contribution is 0.0471. The molecule has 276 valence electrons. The SMILES string of the molecule is CCOC(=O)c1nc(Cc2cccc(Br)c2)c(C)o1.CCOC(=O)c1nc(Cc2cccc(N3CCN(C)CC3)c2)c(C)o1.CN1CCNCC1. The number of oxazole rings is 2. The predicted molar refractivity (Wildman–Crippen MR) is 201 cm³/mol. The molecule has 2 saturated heterocycles. The second kappa shape index (κ2) is 20.1. The molecule has 2 aromatic carbocycles. The molecule has 1 N–H and O–H groups in total. The molecule has 2 aliphatic heterocycles. The summed E-state index contributed by atoms with van der Waals surface area (Å²) in [5.41, 5.74) is 5.02. The van der Waals surface area contributed by atoms with Crippen LogP contribution in [0.15, 0.2) is 61.8 Å². The van der Waals surface area contributed by atoms with Gasteiger partial charge in [-0.1, -0.05) is 40.2 Å². The number of likely N-dealkylation sites (N-methyl/N-ethyl adjacent to an activating group) is 2. The average molecular weight is 768 g/mol. The minimum absolute atomic E-state index is 0.0179. The third kappa shape index (κ3) is 12.6. The fourth-order valence-corrected chi connectivity index (χ4v) is 5.93. The molecule has 6 rings (SSSR count). The fourth-order valence-electron chi connectivity index (χ4n) is 5.48. The van der Waals surface area contributed by atoms with Crippen molar-refractivity contribution in [3.8, 4) is 0 Å². The molecule has 0 atom stereocenters. The lowest BCUT2D eigenvalue weighted by Crippen LogP contribution is -2.44. The fraction of sp³-hybridized carbons (Fsp3) is 0.474. The van der Waals surface area contributed by atoms with Gasteiger partial charge < -0.3 is 38.3 Å². The van der Waals surface area contributed by atoms with Gasteiger partial charge in [0.1, 0.15) is 11.5 Å². The highest BCUT2D eigenvalue weighted by molar-refractivity contribution is 9.10. The van der Waals surface area contributed by atoms with E-state index in [0.29, 0.717) is 37.6 Å². The lowest BCUT2D eigenvalue weighted by Gasteiger charge is -2.34. The first-order valence-electron chi connectivity index (χ1n) is 17.5. The molecule has 0 spiro atoms. The predicted octanol–water partition coefficient (Wildman–Crippen LogP) is 5.54. The van der Waals surface area contributed by atoms with Crippen LogP contribution in [0.1, 0.15) is 69.3 Å². The van der Waals surface area contributed by atoms with Gasteiger partial charge in [0.05, 0.1) is 24.6 Å². The number of anilines is 1. The molecule has 0 unspecified atom stereocenters. The molecule has 2 fully saturated rings. The number of carbonyl (C=O) groups excluding carboxylic acids is 2. The molecule has 51 heavy (non-hydrogen) atoms. The first-order valence-corrected chi connectivity index (χ1v) is 18.3. The molecule has 4 aromatic rings. The summed E-state index contributed by atoms with van der Waals surface area (Å²) in [6, 6.07) is 16.4. The van der Waals surface area contributed by atoms with E-state index in [1.807, 2.05) is 31.2 Å². The van der Waals surface area contributed by atoms with Crippen LogP contribution in [0, 0.1) is 13.8 Å². The molecule has 0 aliphatic carbocycles. The van der Waals surface area contributed by atoms with E-state index >= 15 is 0 Å². The highest BCUT2D eigenvalue weighted by Crippen LogP contribution is 2.22. The molecule has 0 bridgehead atoms. The standard InChI is InChI=1S/C19H25N3O3.C14H14BrNO3.C5H12N2/c1-4-24-19(23)18-20-17(14(2)25-18)13-15-6-5-7-16(12-15)22-10-8-21(3)9-11-22;1-3-18-14(17)13-16-12(9(2)19-13)8-10-5-4-6-11(15)7-10;1-7-4-2-6-3-5-7/h5-7,12H,4,8-11,13H2,1-3H3;4-7H,3,8H2,1-2H3;6H,2-5H2,1H3. The van der Waals surface area contributed by atoms with Crippen molar-refractivity contribution in [2.75, 3.05) is 84.6 Å². The zero-order chi connectivity index (χ0) is 36.8. The van der Waals surface area contributed by atoms with Crippen molar-refractivity contribution < 1.29 is 27.9 Å². The second-order valence-corrected chi connectivity index (χ2v) is 13.4. The Morgan fingerprint density at radius 3 is 1.71 bits per heavy atom. The number of ether oxygens (including phenoxy) is 2. The van der Waals surface area contributed by atoms with Gasteiger partial charge >= 0.3 is 23.7 Å². The number of esters is 2. The van der Waals surface area contributed by atoms with Crippen molar-refractivity contribution in [1.82, 2.24) is 25.1 Å². The monoisotopic (exact) mass is 766 g/mol. The molecular formula is C38H51BrN6O6. The Hall–Kier alpha value is -4.04. The molecule has 12 nitrogen and oxygen atoms in total. The minimum Gasteiger partial charge on any atom is -0.459 e. The van der Waals surface area contributed by atoms with Gasteiger partial charge in [-0.3, -0.25) is 0 Å². The lowest BCUT2D eigenvalue weighted by atomic mass is 10.1. The van der Waals surface area contributed by atoms with E-state index in [4.69, 9.17) is 18.3 Å². The Kier molecular flexibility index (Phi) is 15.7. The van der Waals surface area contributed by atoms with E-state index in [2.05, 4.69) is 84.3 Å². The molecule has 0 radical (unpaired) electrons. The number of nitrogens with zero attached hydrogens (tertiary/aromatic N) is 5. The van der Waals surface area contributed by atoms with Crippen molar-refractivity contribution in [3.05, 3.63) is 98.8 Å². The van der Waals surface area contributed by atoms with E-state index < -0.39 is 11.9 Å². The second-order valence-electron chi connectivity index (χ2n) is 12.5. The summed E-state index contributed by atoms with van der Waals surface area (Å²) < 4.78 is 21.6. The van der Waals surface area contributed by atoms with E-state index in [9.17, 15) is 9.59 Å². The van der Waals surface area contributed by atoms with Crippen LogP contribution in [0.3, 0.4) is 0 Å². The van der Waals surface area contributed by atoms with Crippen molar-refractivity contribution in [3.63, 3.8) is 0 Å². The first kappa shape index (κ1) is 39.7. The molecule has 2 aromatic heterocycles. The van der Waals surface area contributed by atoms with Gasteiger partial charge in [0, 0.05) is 75.4 Å². The molecule has 2 aliphatic rings. The number of aryl methyl sites for hydroxylation is 2. The zero-order valence-corrected chi connectivity index (χ0v) is 32.3. The Labute approximate surface area is 309 Å². The number of carbonyl (C=O) groups is 2. The van der Waals surface area contributed by atoms with Crippen LogP contribution in [0.2, 0.25) is 0 Å². The quantitative estimate of drug-likeness (QED) is 0.215. The largest absolute Gasteiger partial charge is 0.459 e. The van der Waals surface area contributed by atoms with Crippen molar-refractivity contribution in [1.29, 1.82) is 0 Å². The zero-order valence-electron chi connectivity index (χ0n) is 30.7. The van der Waals surface area contributed by atoms with Crippen LogP contribution < -0.4 is 10.2 Å². The Morgan fingerprint density at radius 2 is 1.24 bits per heavy atom. The summed E-state index contributed by atoms with van der Waals surface area (Å²) in [7, 11) is 4.31. The van der Waals surface area contributed by atoms with E-state index in [1.54, 1.807) is 20.8 Å². The van der Waals surface area contributed by atoms with Crippen LogP contribution in [-0.2, 0) is 22.3 Å². The minimum atomic E-state index is -0.522. The number of aromatic nitrogens is 2. The number of halogens is 1. The van der Waals surface area contributed by atoms with Crippen LogP contribution in [-0.4, -0.2) is 111 Å². The van der Waals surface area contributed by atoms with Crippen LogP contribution in [0.25, 0.3) is 0 Å². The molecule has 13 heteroatoms. The van der Waals surface area contributed by atoms with Gasteiger partial charge in [-0.15, -0.1) is 0 Å². The maximum atomic E-state index is 11.8. The molecule has 0 saturated carbocycles. The van der Waals surface area contributed by atoms with Crippen LogP contribution >= 0.6 is 15.9 Å². The topological polar surface area (TPSA) is 126 Å². The van der Waals surface area contributed by atoms with Gasteiger partial charge in [-0.2, -0.15) is 0 Å². The summed E-state index contributed by atoms with van der Waals surface area (Å²) in [5.74, 6) is 0.319. The van der Waals surface area contributed by atoms with E-state index in [-0.39, 0.29) is 11.8 Å². The number of nitrogens with one attached hydrogen (secondary N) is 1. The van der Waals surface area contributed by atoms with Gasteiger partial charge in [0.2, 0.25) is 0 Å². The molecule has 0 amide bonds. The summed E-state index contributed by atoms with van der Waals surface area (Å²) >= 11 is 3.43. The van der Waals surface area contributed by atoms with E-state index in [0.717, 1.165) is 66.3 Å². The van der Waals surface area contributed by atoms with E-state index in [1.165, 1.54) is 18.8 Å². The highest BCUT2D eigenvalue weighted by Gasteiger charge is 2.20. The molecular weight excluding hydrogens is 716 g/mol. The molecule has 4 heterocycles. The third-order valence-corrected chi connectivity index (χ3v) is 8.93. The van der Waals surface area contributed by atoms with Crippen LogP contribution in [0.4, 0.5) is 5.69 Å². The Balaban J connectivity index is 0.000000197. The smallest absolute Gasteiger partial charge is 0.394 e. The van der Waals surface area contributed by atoms with Crippen molar-refractivity contribution in [2.24, 2.45) is 0 Å².